The second-order valence-corrected chi connectivity index (χ2v) is 3.70. The highest BCUT2D eigenvalue weighted by atomic mass is 32.2. The monoisotopic (exact) mass is 159 g/mol. The van der Waals surface area contributed by atoms with Gasteiger partial charge in [0.1, 0.15) is 0 Å². The van der Waals surface area contributed by atoms with Crippen molar-refractivity contribution in [2.24, 2.45) is 5.73 Å². The summed E-state index contributed by atoms with van der Waals surface area (Å²) in [6.07, 6.45) is -0.0681. The normalized spacial score (nSPS) is 46.1. The average Bonchev–Trinajstić information content (AvgIpc) is 2.41. The number of nitrogens with one attached hydrogen (secondary N) is 2. The van der Waals surface area contributed by atoms with Gasteiger partial charge in [0.25, 0.3) is 0 Å². The molecule has 2 heterocycles. The maximum Gasteiger partial charge on any atom is 0.162 e. The standard InChI is InChI=1S/C5H9N3OS/c6-5-4-3(7-8-5)2(9)1-10-4/h3-5,7-8H,1,6H2. The van der Waals surface area contributed by atoms with Gasteiger partial charge in [0.05, 0.1) is 23.2 Å². The van der Waals surface area contributed by atoms with E-state index < -0.39 is 0 Å². The molecule has 0 aromatic heterocycles. The molecule has 0 aliphatic carbocycles. The number of carbonyl (C=O) groups is 1. The van der Waals surface area contributed by atoms with Gasteiger partial charge in [-0.2, -0.15) is 0 Å². The van der Waals surface area contributed by atoms with Gasteiger partial charge >= 0.3 is 0 Å². The molecule has 0 radical (unpaired) electrons. The fraction of sp³-hybridized carbons (Fsp3) is 0.800. The van der Waals surface area contributed by atoms with Crippen LogP contribution in [0, 0.1) is 0 Å². The zero-order chi connectivity index (χ0) is 7.14. The van der Waals surface area contributed by atoms with Gasteiger partial charge in [-0.05, 0) is 0 Å². The van der Waals surface area contributed by atoms with Crippen molar-refractivity contribution in [1.29, 1.82) is 0 Å². The summed E-state index contributed by atoms with van der Waals surface area (Å²) in [6, 6.07) is -0.0417. The minimum Gasteiger partial charge on any atom is -0.314 e. The molecule has 2 saturated heterocycles. The summed E-state index contributed by atoms with van der Waals surface area (Å²) in [7, 11) is 0. The van der Waals surface area contributed by atoms with Crippen LogP contribution in [-0.2, 0) is 4.79 Å². The third kappa shape index (κ3) is 0.784. The Bertz CT molecular complexity index is 174. The first kappa shape index (κ1) is 6.60. The number of nitrogens with two attached hydrogens (primary N) is 1. The number of hydrogen-bond acceptors (Lipinski definition) is 5. The first-order chi connectivity index (χ1) is 4.79. The molecule has 2 fully saturated rings. The van der Waals surface area contributed by atoms with Crippen molar-refractivity contribution in [2.45, 2.75) is 17.5 Å². The maximum absolute atomic E-state index is 11.0. The number of Topliss-reactive ketones (excluding diaryl/α,β-unsaturated/α-hetero) is 1. The van der Waals surface area contributed by atoms with E-state index in [2.05, 4.69) is 10.9 Å². The molecule has 0 amide bonds. The summed E-state index contributed by atoms with van der Waals surface area (Å²) in [5.41, 5.74) is 11.3. The summed E-state index contributed by atoms with van der Waals surface area (Å²) in [5, 5.41) is 0.243. The Morgan fingerprint density at radius 3 is 3.10 bits per heavy atom. The Morgan fingerprint density at radius 1 is 1.60 bits per heavy atom. The number of fused-ring (bicyclic) bond motifs is 1. The lowest BCUT2D eigenvalue weighted by Gasteiger charge is -2.07. The van der Waals surface area contributed by atoms with Gasteiger partial charge in [0.15, 0.2) is 5.78 Å². The Hall–Kier alpha value is -0.100. The van der Waals surface area contributed by atoms with Crippen LogP contribution in [0.4, 0.5) is 0 Å². The molecular weight excluding hydrogens is 150 g/mol. The molecule has 4 nitrogen and oxygen atoms in total. The highest BCUT2D eigenvalue weighted by molar-refractivity contribution is 8.01. The highest BCUT2D eigenvalue weighted by Crippen LogP contribution is 2.27. The lowest BCUT2D eigenvalue weighted by Crippen LogP contribution is -2.40. The zero-order valence-corrected chi connectivity index (χ0v) is 6.15. The largest absolute Gasteiger partial charge is 0.314 e. The Labute approximate surface area is 62.9 Å². The molecule has 0 spiro atoms. The SMILES string of the molecule is NC1NNC2C(=O)CSC12. The first-order valence-electron chi connectivity index (χ1n) is 3.20. The Kier molecular flexibility index (Phi) is 1.45. The van der Waals surface area contributed by atoms with Gasteiger partial charge in [0.2, 0.25) is 0 Å². The fourth-order valence-corrected chi connectivity index (χ4v) is 2.51. The van der Waals surface area contributed by atoms with Gasteiger partial charge in [0, 0.05) is 0 Å². The molecule has 2 aliphatic heterocycles. The predicted molar refractivity (Wildman–Crippen MR) is 39.3 cm³/mol. The molecule has 3 atom stereocenters. The van der Waals surface area contributed by atoms with E-state index in [1.165, 1.54) is 0 Å². The third-order valence-electron chi connectivity index (χ3n) is 1.85. The number of hydrogen-bond donors (Lipinski definition) is 3. The second kappa shape index (κ2) is 2.20. The van der Waals surface area contributed by atoms with Gasteiger partial charge < -0.3 is 5.73 Å². The topological polar surface area (TPSA) is 67.2 Å². The van der Waals surface area contributed by atoms with Crippen LogP contribution in [0.15, 0.2) is 0 Å². The van der Waals surface area contributed by atoms with Crippen LogP contribution in [0.2, 0.25) is 0 Å². The molecular formula is C5H9N3OS. The van der Waals surface area contributed by atoms with Crippen LogP contribution in [0.1, 0.15) is 0 Å². The molecule has 3 unspecified atom stereocenters. The Morgan fingerprint density at radius 2 is 2.40 bits per heavy atom. The molecule has 56 valence electrons. The maximum atomic E-state index is 11.0. The minimum atomic E-state index is -0.0681. The van der Waals surface area contributed by atoms with E-state index in [-0.39, 0.29) is 23.2 Å². The lowest BCUT2D eigenvalue weighted by molar-refractivity contribution is -0.117. The van der Waals surface area contributed by atoms with E-state index in [0.29, 0.717) is 5.75 Å². The molecule has 10 heavy (non-hydrogen) atoms. The summed E-state index contributed by atoms with van der Waals surface area (Å²) in [5.74, 6) is 0.869. The highest BCUT2D eigenvalue weighted by Gasteiger charge is 2.43. The van der Waals surface area contributed by atoms with Crippen LogP contribution < -0.4 is 16.6 Å². The fourth-order valence-electron chi connectivity index (χ4n) is 1.29. The van der Waals surface area contributed by atoms with Crippen molar-refractivity contribution in [3.05, 3.63) is 0 Å². The van der Waals surface area contributed by atoms with Gasteiger partial charge in [-0.3, -0.25) is 4.79 Å². The molecule has 4 N–H and O–H groups in total. The minimum absolute atomic E-state index is 0.0417. The van der Waals surface area contributed by atoms with Crippen molar-refractivity contribution in [1.82, 2.24) is 10.9 Å². The van der Waals surface area contributed by atoms with Crippen molar-refractivity contribution in [3.8, 4) is 0 Å². The molecule has 0 saturated carbocycles. The summed E-state index contributed by atoms with van der Waals surface area (Å²) in [4.78, 5) is 11.0. The molecule has 0 bridgehead atoms. The van der Waals surface area contributed by atoms with E-state index >= 15 is 0 Å². The van der Waals surface area contributed by atoms with Crippen molar-refractivity contribution in [3.63, 3.8) is 0 Å². The van der Waals surface area contributed by atoms with Crippen molar-refractivity contribution >= 4 is 17.5 Å². The van der Waals surface area contributed by atoms with Crippen LogP contribution in [0.5, 0.6) is 0 Å². The predicted octanol–water partition coefficient (Wildman–Crippen LogP) is -1.57. The lowest BCUT2D eigenvalue weighted by atomic mass is 10.1. The van der Waals surface area contributed by atoms with Gasteiger partial charge in [-0.25, -0.2) is 10.9 Å². The number of thioether (sulfide) groups is 1. The second-order valence-electron chi connectivity index (χ2n) is 2.53. The van der Waals surface area contributed by atoms with Crippen molar-refractivity contribution in [2.75, 3.05) is 5.75 Å². The van der Waals surface area contributed by atoms with Gasteiger partial charge in [-0.1, -0.05) is 0 Å². The van der Waals surface area contributed by atoms with E-state index in [0.717, 1.165) is 0 Å². The molecule has 0 aromatic rings. The average molecular weight is 159 g/mol. The number of rotatable bonds is 0. The summed E-state index contributed by atoms with van der Waals surface area (Å²) < 4.78 is 0. The van der Waals surface area contributed by atoms with Crippen LogP contribution in [0.25, 0.3) is 0 Å². The quantitative estimate of drug-likeness (QED) is 0.398. The van der Waals surface area contributed by atoms with Crippen LogP contribution in [0.3, 0.4) is 0 Å². The number of carbonyl (C=O) groups excluding carboxylic acids is 1. The summed E-state index contributed by atoms with van der Waals surface area (Å²) in [6.45, 7) is 0. The first-order valence-corrected chi connectivity index (χ1v) is 4.25. The molecule has 2 aliphatic rings. The third-order valence-corrected chi connectivity index (χ3v) is 3.25. The summed E-state index contributed by atoms with van der Waals surface area (Å²) >= 11 is 1.63. The van der Waals surface area contributed by atoms with Crippen LogP contribution in [-0.4, -0.2) is 29.0 Å². The molecule has 0 aromatic carbocycles. The number of ketones is 1. The van der Waals surface area contributed by atoms with E-state index in [9.17, 15) is 4.79 Å². The van der Waals surface area contributed by atoms with Gasteiger partial charge in [-0.15, -0.1) is 11.8 Å². The number of hydrazine groups is 1. The van der Waals surface area contributed by atoms with E-state index in [1.807, 2.05) is 0 Å². The molecule has 5 heteroatoms. The van der Waals surface area contributed by atoms with Crippen molar-refractivity contribution < 1.29 is 4.79 Å². The van der Waals surface area contributed by atoms with Crippen LogP contribution >= 0.6 is 11.8 Å². The van der Waals surface area contributed by atoms with E-state index in [4.69, 9.17) is 5.73 Å². The smallest absolute Gasteiger partial charge is 0.162 e. The Balaban J connectivity index is 2.16. The zero-order valence-electron chi connectivity index (χ0n) is 5.33. The van der Waals surface area contributed by atoms with E-state index in [1.54, 1.807) is 11.8 Å². The molecule has 2 rings (SSSR count).